The van der Waals surface area contributed by atoms with Gasteiger partial charge in [-0.1, -0.05) is 12.1 Å². The van der Waals surface area contributed by atoms with Crippen molar-refractivity contribution in [1.29, 1.82) is 0 Å². The zero-order valence-electron chi connectivity index (χ0n) is 13.9. The van der Waals surface area contributed by atoms with Crippen molar-refractivity contribution in [3.8, 4) is 0 Å². The maximum absolute atomic E-state index is 13.3. The quantitative estimate of drug-likeness (QED) is 0.770. The van der Waals surface area contributed by atoms with E-state index in [1.54, 1.807) is 12.1 Å². The van der Waals surface area contributed by atoms with Gasteiger partial charge in [-0.25, -0.2) is 14.2 Å². The molecule has 128 valence electrons. The number of pyridine rings is 1. The first-order valence-corrected chi connectivity index (χ1v) is 8.37. The highest BCUT2D eigenvalue weighted by molar-refractivity contribution is 5.74. The first-order valence-electron chi connectivity index (χ1n) is 8.37. The Balaban J connectivity index is 1.43. The molecular formula is C19H19FN4O. The van der Waals surface area contributed by atoms with Gasteiger partial charge in [0.05, 0.1) is 24.0 Å². The van der Waals surface area contributed by atoms with Crippen LogP contribution in [0.3, 0.4) is 0 Å². The number of nitrogens with zero attached hydrogens (tertiary/aromatic N) is 2. The van der Waals surface area contributed by atoms with Crippen molar-refractivity contribution >= 4 is 11.7 Å². The molecule has 2 heterocycles. The minimum absolute atomic E-state index is 0.0705. The van der Waals surface area contributed by atoms with E-state index in [0.29, 0.717) is 6.54 Å². The van der Waals surface area contributed by atoms with Crippen molar-refractivity contribution in [2.45, 2.75) is 32.4 Å². The molecule has 1 aromatic carbocycles. The van der Waals surface area contributed by atoms with Crippen LogP contribution in [0.15, 0.2) is 42.6 Å². The molecule has 2 aromatic heterocycles. The summed E-state index contributed by atoms with van der Waals surface area (Å²) in [4.78, 5) is 16.8. The molecule has 1 aliphatic rings. The number of aromatic nitrogens is 2. The molecule has 0 bridgehead atoms. The maximum atomic E-state index is 13.3. The number of halogens is 1. The zero-order chi connectivity index (χ0) is 17.4. The predicted octanol–water partition coefficient (Wildman–Crippen LogP) is 3.27. The Morgan fingerprint density at radius 2 is 2.24 bits per heavy atom. The molecule has 6 heteroatoms. The third kappa shape index (κ3) is 2.95. The number of fused-ring (bicyclic) bond motifs is 2. The van der Waals surface area contributed by atoms with Crippen molar-refractivity contribution in [2.24, 2.45) is 0 Å². The average Bonchev–Trinajstić information content (AvgIpc) is 3.13. The molecule has 0 radical (unpaired) electrons. The number of aryl methyl sites for hydroxylation is 2. The van der Waals surface area contributed by atoms with Gasteiger partial charge in [0.2, 0.25) is 0 Å². The number of benzene rings is 1. The number of urea groups is 1. The fraction of sp³-hybridized carbons (Fsp3) is 0.263. The van der Waals surface area contributed by atoms with Gasteiger partial charge in [0.25, 0.3) is 0 Å². The standard InChI is InChI=1S/C19H19FN4O/c1-12-17(24-9-3-2-4-18(24)22-12)11-21-19(25)23-16-8-5-13-10-14(20)6-7-15(13)16/h2-4,6-7,9-10,16H,5,8,11H2,1H3,(H2,21,23,25). The van der Waals surface area contributed by atoms with Crippen molar-refractivity contribution in [3.05, 3.63) is 70.9 Å². The Labute approximate surface area is 144 Å². The summed E-state index contributed by atoms with van der Waals surface area (Å²) in [6, 6.07) is 10.3. The van der Waals surface area contributed by atoms with Crippen LogP contribution in [-0.2, 0) is 13.0 Å². The van der Waals surface area contributed by atoms with E-state index in [1.807, 2.05) is 35.7 Å². The van der Waals surface area contributed by atoms with E-state index < -0.39 is 0 Å². The van der Waals surface area contributed by atoms with Crippen molar-refractivity contribution < 1.29 is 9.18 Å². The Kier molecular flexibility index (Phi) is 3.87. The Morgan fingerprint density at radius 3 is 3.12 bits per heavy atom. The summed E-state index contributed by atoms with van der Waals surface area (Å²) < 4.78 is 15.3. The van der Waals surface area contributed by atoms with Gasteiger partial charge in [0.15, 0.2) is 0 Å². The van der Waals surface area contributed by atoms with E-state index in [9.17, 15) is 9.18 Å². The highest BCUT2D eigenvalue weighted by atomic mass is 19.1. The minimum Gasteiger partial charge on any atom is -0.332 e. The molecule has 0 aliphatic heterocycles. The van der Waals surface area contributed by atoms with Gasteiger partial charge in [-0.2, -0.15) is 0 Å². The topological polar surface area (TPSA) is 58.4 Å². The molecule has 4 rings (SSSR count). The molecule has 0 spiro atoms. The third-order valence-electron chi connectivity index (χ3n) is 4.73. The van der Waals surface area contributed by atoms with E-state index >= 15 is 0 Å². The lowest BCUT2D eigenvalue weighted by Gasteiger charge is -2.15. The second-order valence-corrected chi connectivity index (χ2v) is 6.33. The molecule has 3 aromatic rings. The fourth-order valence-corrected chi connectivity index (χ4v) is 3.49. The van der Waals surface area contributed by atoms with Crippen LogP contribution in [0.5, 0.6) is 0 Å². The molecule has 0 saturated heterocycles. The summed E-state index contributed by atoms with van der Waals surface area (Å²) in [7, 11) is 0. The molecule has 1 atom stereocenters. The van der Waals surface area contributed by atoms with E-state index in [-0.39, 0.29) is 17.9 Å². The average molecular weight is 338 g/mol. The van der Waals surface area contributed by atoms with E-state index in [4.69, 9.17) is 0 Å². The number of carbonyl (C=O) groups excluding carboxylic acids is 1. The molecule has 25 heavy (non-hydrogen) atoms. The van der Waals surface area contributed by atoms with Crippen molar-refractivity contribution in [3.63, 3.8) is 0 Å². The van der Waals surface area contributed by atoms with Crippen molar-refractivity contribution in [2.75, 3.05) is 0 Å². The van der Waals surface area contributed by atoms with Gasteiger partial charge in [0.1, 0.15) is 11.5 Å². The molecule has 0 fully saturated rings. The highest BCUT2D eigenvalue weighted by Crippen LogP contribution is 2.31. The van der Waals surface area contributed by atoms with Gasteiger partial charge in [-0.3, -0.25) is 0 Å². The zero-order valence-corrected chi connectivity index (χ0v) is 13.9. The number of imidazole rings is 1. The van der Waals surface area contributed by atoms with Gasteiger partial charge >= 0.3 is 6.03 Å². The van der Waals surface area contributed by atoms with Gasteiger partial charge in [0, 0.05) is 6.20 Å². The van der Waals surface area contributed by atoms with Crippen LogP contribution < -0.4 is 10.6 Å². The van der Waals surface area contributed by atoms with Crippen LogP contribution in [0.1, 0.15) is 35.0 Å². The van der Waals surface area contributed by atoms with Crippen molar-refractivity contribution in [1.82, 2.24) is 20.0 Å². The lowest BCUT2D eigenvalue weighted by atomic mass is 10.1. The molecule has 1 aliphatic carbocycles. The first kappa shape index (κ1) is 15.6. The lowest BCUT2D eigenvalue weighted by molar-refractivity contribution is 0.236. The number of amides is 2. The van der Waals surface area contributed by atoms with Crippen LogP contribution in [0.2, 0.25) is 0 Å². The van der Waals surface area contributed by atoms with E-state index in [0.717, 1.165) is 41.0 Å². The second kappa shape index (κ2) is 6.20. The smallest absolute Gasteiger partial charge is 0.315 e. The maximum Gasteiger partial charge on any atom is 0.315 e. The van der Waals surface area contributed by atoms with E-state index in [1.165, 1.54) is 6.07 Å². The monoisotopic (exact) mass is 338 g/mol. The number of rotatable bonds is 3. The summed E-state index contributed by atoms with van der Waals surface area (Å²) in [5.41, 5.74) is 4.70. The summed E-state index contributed by atoms with van der Waals surface area (Å²) in [5.74, 6) is -0.230. The lowest BCUT2D eigenvalue weighted by Crippen LogP contribution is -2.37. The van der Waals surface area contributed by atoms with Crippen LogP contribution in [-0.4, -0.2) is 15.4 Å². The summed E-state index contributed by atoms with van der Waals surface area (Å²) in [6.45, 7) is 2.33. The summed E-state index contributed by atoms with van der Waals surface area (Å²) in [5, 5.41) is 5.88. The number of carbonyl (C=O) groups is 1. The van der Waals surface area contributed by atoms with Crippen LogP contribution in [0.25, 0.3) is 5.65 Å². The van der Waals surface area contributed by atoms with Gasteiger partial charge in [-0.05, 0) is 55.2 Å². The third-order valence-corrected chi connectivity index (χ3v) is 4.73. The Bertz CT molecular complexity index is 950. The largest absolute Gasteiger partial charge is 0.332 e. The highest BCUT2D eigenvalue weighted by Gasteiger charge is 2.24. The fourth-order valence-electron chi connectivity index (χ4n) is 3.49. The molecular weight excluding hydrogens is 319 g/mol. The summed E-state index contributed by atoms with van der Waals surface area (Å²) in [6.07, 6.45) is 3.51. The van der Waals surface area contributed by atoms with Crippen LogP contribution in [0.4, 0.5) is 9.18 Å². The first-order chi connectivity index (χ1) is 12.1. The Hall–Kier alpha value is -2.89. The number of nitrogens with one attached hydrogen (secondary N) is 2. The van der Waals surface area contributed by atoms with Gasteiger partial charge < -0.3 is 15.0 Å². The number of hydrogen-bond donors (Lipinski definition) is 2. The normalized spacial score (nSPS) is 16.0. The molecule has 5 nitrogen and oxygen atoms in total. The minimum atomic E-state index is -0.230. The van der Waals surface area contributed by atoms with E-state index in [2.05, 4.69) is 15.6 Å². The summed E-state index contributed by atoms with van der Waals surface area (Å²) >= 11 is 0. The predicted molar refractivity (Wildman–Crippen MR) is 92.8 cm³/mol. The molecule has 1 unspecified atom stereocenters. The number of hydrogen-bond acceptors (Lipinski definition) is 2. The SMILES string of the molecule is Cc1nc2ccccn2c1CNC(=O)NC1CCc2cc(F)ccc21. The second-order valence-electron chi connectivity index (χ2n) is 6.33. The van der Waals surface area contributed by atoms with Crippen LogP contribution in [0, 0.1) is 12.7 Å². The Morgan fingerprint density at radius 1 is 1.36 bits per heavy atom. The molecule has 0 saturated carbocycles. The van der Waals surface area contributed by atoms with Gasteiger partial charge in [-0.15, -0.1) is 0 Å². The molecule has 2 amide bonds. The molecule has 2 N–H and O–H groups in total. The van der Waals surface area contributed by atoms with Crippen LogP contribution >= 0.6 is 0 Å².